The van der Waals surface area contributed by atoms with E-state index in [4.69, 9.17) is 4.74 Å². The molecule has 6 heteroatoms. The van der Waals surface area contributed by atoms with E-state index in [2.05, 4.69) is 15.3 Å². The van der Waals surface area contributed by atoms with Crippen LogP contribution in [0.15, 0.2) is 60.8 Å². The van der Waals surface area contributed by atoms with Gasteiger partial charge in [-0.25, -0.2) is 9.97 Å². The van der Waals surface area contributed by atoms with E-state index in [9.17, 15) is 4.79 Å². The van der Waals surface area contributed by atoms with Crippen LogP contribution in [0, 0.1) is 6.92 Å². The summed E-state index contributed by atoms with van der Waals surface area (Å²) >= 11 is 0. The highest BCUT2D eigenvalue weighted by Crippen LogP contribution is 2.18. The van der Waals surface area contributed by atoms with E-state index in [-0.39, 0.29) is 5.91 Å². The molecule has 1 N–H and O–H groups in total. The molecule has 0 atom stereocenters. The van der Waals surface area contributed by atoms with Gasteiger partial charge in [-0.3, -0.25) is 4.79 Å². The number of aryl methyl sites for hydroxylation is 1. The first-order chi connectivity index (χ1) is 13.6. The number of aromatic nitrogens is 2. The normalized spacial score (nSPS) is 10.4. The summed E-state index contributed by atoms with van der Waals surface area (Å²) in [5.41, 5.74) is 3.39. The van der Waals surface area contributed by atoms with E-state index in [0.717, 1.165) is 22.6 Å². The molecule has 0 aliphatic rings. The number of carbonyl (C=O) groups is 1. The van der Waals surface area contributed by atoms with Gasteiger partial charge >= 0.3 is 0 Å². The van der Waals surface area contributed by atoms with Gasteiger partial charge in [-0.15, -0.1) is 0 Å². The van der Waals surface area contributed by atoms with Crippen LogP contribution in [-0.2, 0) is 6.54 Å². The molecule has 1 aromatic heterocycles. The van der Waals surface area contributed by atoms with E-state index < -0.39 is 0 Å². The van der Waals surface area contributed by atoms with Crippen molar-refractivity contribution in [2.75, 3.05) is 23.9 Å². The van der Waals surface area contributed by atoms with Gasteiger partial charge in [0, 0.05) is 25.0 Å². The molecule has 3 aromatic rings. The van der Waals surface area contributed by atoms with Gasteiger partial charge in [-0.2, -0.15) is 0 Å². The first-order valence-electron chi connectivity index (χ1n) is 9.19. The van der Waals surface area contributed by atoms with Crippen LogP contribution in [0.2, 0.25) is 0 Å². The number of rotatable bonds is 7. The van der Waals surface area contributed by atoms with Crippen molar-refractivity contribution in [2.45, 2.75) is 20.4 Å². The quantitative estimate of drug-likeness (QED) is 0.673. The molecule has 6 nitrogen and oxygen atoms in total. The predicted molar refractivity (Wildman–Crippen MR) is 111 cm³/mol. The van der Waals surface area contributed by atoms with Crippen molar-refractivity contribution in [2.24, 2.45) is 0 Å². The predicted octanol–water partition coefficient (Wildman–Crippen LogP) is 4.07. The van der Waals surface area contributed by atoms with Gasteiger partial charge in [-0.05, 0) is 55.3 Å². The lowest BCUT2D eigenvalue weighted by Crippen LogP contribution is -2.31. The van der Waals surface area contributed by atoms with E-state index in [1.165, 1.54) is 0 Å². The highest BCUT2D eigenvalue weighted by Gasteiger charge is 2.18. The number of hydrogen-bond donors (Lipinski definition) is 1. The van der Waals surface area contributed by atoms with Gasteiger partial charge in [0.25, 0.3) is 5.91 Å². The molecular weight excluding hydrogens is 352 g/mol. The molecule has 1 heterocycles. The number of hydrogen-bond acceptors (Lipinski definition) is 5. The summed E-state index contributed by atoms with van der Waals surface area (Å²) in [7, 11) is 1.64. The molecule has 1 amide bonds. The molecule has 3 rings (SSSR count). The Hall–Kier alpha value is -3.41. The Labute approximate surface area is 165 Å². The molecule has 0 bridgehead atoms. The Bertz CT molecular complexity index is 941. The fraction of sp³-hybridized carbons (Fsp3) is 0.227. The third kappa shape index (κ3) is 4.65. The summed E-state index contributed by atoms with van der Waals surface area (Å²) in [5.74, 6) is 1.08. The number of benzene rings is 2. The topological polar surface area (TPSA) is 67.4 Å². The Morgan fingerprint density at radius 1 is 1.14 bits per heavy atom. The molecule has 2 aromatic carbocycles. The molecule has 0 fully saturated rings. The minimum absolute atomic E-state index is 0.150. The monoisotopic (exact) mass is 376 g/mol. The molecule has 0 aliphatic heterocycles. The van der Waals surface area contributed by atoms with Crippen molar-refractivity contribution in [1.82, 2.24) is 9.97 Å². The van der Waals surface area contributed by atoms with Gasteiger partial charge in [0.05, 0.1) is 7.11 Å². The lowest BCUT2D eigenvalue weighted by atomic mass is 10.2. The number of nitrogens with one attached hydrogen (secondary N) is 1. The second kappa shape index (κ2) is 8.99. The van der Waals surface area contributed by atoms with Gasteiger partial charge in [0.1, 0.15) is 11.4 Å². The van der Waals surface area contributed by atoms with Crippen molar-refractivity contribution < 1.29 is 9.53 Å². The molecule has 144 valence electrons. The van der Waals surface area contributed by atoms with Crippen molar-refractivity contribution in [3.05, 3.63) is 77.6 Å². The Balaban J connectivity index is 1.73. The molecule has 0 saturated carbocycles. The van der Waals surface area contributed by atoms with E-state index >= 15 is 0 Å². The number of anilines is 2. The third-order valence-electron chi connectivity index (χ3n) is 4.36. The van der Waals surface area contributed by atoms with Gasteiger partial charge < -0.3 is 15.0 Å². The Morgan fingerprint density at radius 2 is 1.93 bits per heavy atom. The summed E-state index contributed by atoms with van der Waals surface area (Å²) in [6.45, 7) is 5.07. The number of carbonyl (C=O) groups excluding carboxylic acids is 1. The Kier molecular flexibility index (Phi) is 6.22. The van der Waals surface area contributed by atoms with Gasteiger partial charge in [0.2, 0.25) is 5.95 Å². The third-order valence-corrected chi connectivity index (χ3v) is 4.36. The van der Waals surface area contributed by atoms with Crippen LogP contribution in [-0.4, -0.2) is 29.5 Å². The molecule has 0 radical (unpaired) electrons. The maximum atomic E-state index is 13.0. The van der Waals surface area contributed by atoms with Crippen LogP contribution in [0.3, 0.4) is 0 Å². The lowest BCUT2D eigenvalue weighted by molar-refractivity contribution is 0.0983. The molecule has 0 unspecified atom stereocenters. The van der Waals surface area contributed by atoms with E-state index in [1.54, 1.807) is 24.3 Å². The number of methoxy groups -OCH3 is 1. The van der Waals surface area contributed by atoms with Crippen LogP contribution >= 0.6 is 0 Å². The van der Waals surface area contributed by atoms with E-state index in [0.29, 0.717) is 24.7 Å². The highest BCUT2D eigenvalue weighted by molar-refractivity contribution is 6.04. The zero-order valence-corrected chi connectivity index (χ0v) is 16.3. The molecule has 28 heavy (non-hydrogen) atoms. The molecule has 0 spiro atoms. The average Bonchev–Trinajstić information content (AvgIpc) is 2.73. The first kappa shape index (κ1) is 19.4. The first-order valence-corrected chi connectivity index (χ1v) is 9.19. The van der Waals surface area contributed by atoms with Crippen LogP contribution in [0.25, 0.3) is 0 Å². The number of nitrogens with zero attached hydrogens (tertiary/aromatic N) is 3. The average molecular weight is 376 g/mol. The van der Waals surface area contributed by atoms with E-state index in [1.807, 2.05) is 62.4 Å². The Morgan fingerprint density at radius 3 is 2.61 bits per heavy atom. The smallest absolute Gasteiger partial charge is 0.277 e. The molecular formula is C22H24N4O2. The van der Waals surface area contributed by atoms with Crippen molar-refractivity contribution in [3.8, 4) is 5.75 Å². The number of amides is 1. The summed E-state index contributed by atoms with van der Waals surface area (Å²) < 4.78 is 5.16. The second-order valence-electron chi connectivity index (χ2n) is 6.36. The summed E-state index contributed by atoms with van der Waals surface area (Å²) in [4.78, 5) is 23.3. The maximum absolute atomic E-state index is 13.0. The fourth-order valence-electron chi connectivity index (χ4n) is 2.87. The minimum atomic E-state index is -0.150. The summed E-state index contributed by atoms with van der Waals surface area (Å²) in [5, 5.41) is 3.17. The SMILES string of the molecule is CCN(C(=O)c1ccnc(NCc2ccc(OC)cc2)n1)c1cccc(C)c1. The summed E-state index contributed by atoms with van der Waals surface area (Å²) in [6.07, 6.45) is 1.60. The standard InChI is InChI=1S/C22H24N4O2/c1-4-26(18-7-5-6-16(2)14-18)21(27)20-12-13-23-22(25-20)24-15-17-8-10-19(28-3)11-9-17/h5-14H,4,15H2,1-3H3,(H,23,24,25). The molecule has 0 saturated heterocycles. The van der Waals surface area contributed by atoms with Gasteiger partial charge in [-0.1, -0.05) is 24.3 Å². The highest BCUT2D eigenvalue weighted by atomic mass is 16.5. The maximum Gasteiger partial charge on any atom is 0.277 e. The lowest BCUT2D eigenvalue weighted by Gasteiger charge is -2.21. The fourth-order valence-corrected chi connectivity index (χ4v) is 2.87. The zero-order valence-electron chi connectivity index (χ0n) is 16.3. The van der Waals surface area contributed by atoms with Crippen LogP contribution in [0.1, 0.15) is 28.5 Å². The van der Waals surface area contributed by atoms with Crippen LogP contribution < -0.4 is 15.0 Å². The van der Waals surface area contributed by atoms with Gasteiger partial charge in [0.15, 0.2) is 0 Å². The van der Waals surface area contributed by atoms with Crippen molar-refractivity contribution in [1.29, 1.82) is 0 Å². The van der Waals surface area contributed by atoms with Crippen molar-refractivity contribution in [3.63, 3.8) is 0 Å². The largest absolute Gasteiger partial charge is 0.497 e. The second-order valence-corrected chi connectivity index (χ2v) is 6.36. The minimum Gasteiger partial charge on any atom is -0.497 e. The van der Waals surface area contributed by atoms with Crippen molar-refractivity contribution >= 4 is 17.5 Å². The zero-order chi connectivity index (χ0) is 19.9. The van der Waals surface area contributed by atoms with Crippen LogP contribution in [0.5, 0.6) is 5.75 Å². The molecule has 0 aliphatic carbocycles. The number of ether oxygens (including phenoxy) is 1. The summed E-state index contributed by atoms with van der Waals surface area (Å²) in [6, 6.07) is 17.3. The van der Waals surface area contributed by atoms with Crippen LogP contribution in [0.4, 0.5) is 11.6 Å².